The Labute approximate surface area is 203 Å². The smallest absolute Gasteiger partial charge is 0.407 e. The van der Waals surface area contributed by atoms with Crippen LogP contribution in [0.1, 0.15) is 36.3 Å². The zero-order valence-corrected chi connectivity index (χ0v) is 20.1. The third-order valence-electron chi connectivity index (χ3n) is 6.61. The van der Waals surface area contributed by atoms with E-state index in [0.717, 1.165) is 22.3 Å². The Kier molecular flexibility index (Phi) is 7.77. The van der Waals surface area contributed by atoms with Gasteiger partial charge in [0.05, 0.1) is 0 Å². The molecule has 0 saturated carbocycles. The molecule has 2 unspecified atom stereocenters. The number of rotatable bonds is 9. The zero-order chi connectivity index (χ0) is 24.1. The highest BCUT2D eigenvalue weighted by atomic mass is 32.2. The van der Waals surface area contributed by atoms with Crippen molar-refractivity contribution in [1.29, 1.82) is 0 Å². The largest absolute Gasteiger partial charge is 0.481 e. The minimum Gasteiger partial charge on any atom is -0.481 e. The lowest BCUT2D eigenvalue weighted by Crippen LogP contribution is -2.48. The molecule has 34 heavy (non-hydrogen) atoms. The van der Waals surface area contributed by atoms with Crippen LogP contribution in [0.4, 0.5) is 4.79 Å². The Hall–Kier alpha value is -3.00. The number of nitrogens with one attached hydrogen (secondary N) is 1. The van der Waals surface area contributed by atoms with E-state index in [1.165, 1.54) is 0 Å². The molecule has 0 aromatic heterocycles. The maximum atomic E-state index is 13.1. The quantitative estimate of drug-likeness (QED) is 0.562. The summed E-state index contributed by atoms with van der Waals surface area (Å²) >= 11 is 1.60. The number of carbonyl (C=O) groups is 3. The fraction of sp³-hybridized carbons (Fsp3) is 0.423. The second-order valence-corrected chi connectivity index (χ2v) is 9.83. The van der Waals surface area contributed by atoms with Crippen molar-refractivity contribution in [2.75, 3.05) is 31.7 Å². The van der Waals surface area contributed by atoms with Gasteiger partial charge in [-0.15, -0.1) is 0 Å². The molecule has 2 atom stereocenters. The fourth-order valence-corrected chi connectivity index (χ4v) is 5.41. The van der Waals surface area contributed by atoms with Crippen molar-refractivity contribution in [3.63, 3.8) is 0 Å². The molecular formula is C26H30N2O5S. The third kappa shape index (κ3) is 5.38. The van der Waals surface area contributed by atoms with E-state index in [2.05, 4.69) is 29.6 Å². The van der Waals surface area contributed by atoms with Gasteiger partial charge in [0.2, 0.25) is 5.91 Å². The molecule has 2 N–H and O–H groups in total. The van der Waals surface area contributed by atoms with Crippen LogP contribution < -0.4 is 5.32 Å². The van der Waals surface area contributed by atoms with Gasteiger partial charge in [-0.1, -0.05) is 48.5 Å². The molecule has 180 valence electrons. The van der Waals surface area contributed by atoms with Gasteiger partial charge in [-0.3, -0.25) is 9.59 Å². The summed E-state index contributed by atoms with van der Waals surface area (Å²) in [5.74, 6) is -0.400. The fourth-order valence-electron chi connectivity index (χ4n) is 4.94. The van der Waals surface area contributed by atoms with E-state index in [0.29, 0.717) is 31.7 Å². The molecule has 2 aliphatic rings. The molecular weight excluding hydrogens is 452 g/mol. The SMILES string of the molecule is CSCCC(NC(=O)OCC1c2ccccc2-c2ccccc21)C(=O)N1CCC(CC(=O)O)C1. The molecule has 2 aromatic carbocycles. The average Bonchev–Trinajstić information content (AvgIpc) is 3.42. The minimum atomic E-state index is -0.852. The lowest BCUT2D eigenvalue weighted by Gasteiger charge is -2.24. The molecule has 0 spiro atoms. The summed E-state index contributed by atoms with van der Waals surface area (Å²) in [7, 11) is 0. The molecule has 2 amide bonds. The van der Waals surface area contributed by atoms with Gasteiger partial charge in [-0.05, 0) is 53.0 Å². The number of likely N-dealkylation sites (tertiary alicyclic amines) is 1. The number of carboxylic acid groups (broad SMARTS) is 1. The van der Waals surface area contributed by atoms with E-state index >= 15 is 0 Å². The molecule has 1 fully saturated rings. The first-order valence-electron chi connectivity index (χ1n) is 11.6. The Morgan fingerprint density at radius 1 is 1.12 bits per heavy atom. The second-order valence-electron chi connectivity index (χ2n) is 8.84. The molecule has 2 aromatic rings. The van der Waals surface area contributed by atoms with E-state index in [1.807, 2.05) is 30.5 Å². The predicted molar refractivity (Wildman–Crippen MR) is 132 cm³/mol. The lowest BCUT2D eigenvalue weighted by atomic mass is 9.98. The summed E-state index contributed by atoms with van der Waals surface area (Å²) in [5.41, 5.74) is 4.58. The molecule has 0 bridgehead atoms. The maximum absolute atomic E-state index is 13.1. The van der Waals surface area contributed by atoms with E-state index in [-0.39, 0.29) is 30.8 Å². The first-order valence-corrected chi connectivity index (χ1v) is 13.0. The number of thioether (sulfide) groups is 1. The van der Waals surface area contributed by atoms with Crippen molar-refractivity contribution in [1.82, 2.24) is 10.2 Å². The van der Waals surface area contributed by atoms with Crippen LogP contribution in [0, 0.1) is 5.92 Å². The van der Waals surface area contributed by atoms with Gasteiger partial charge in [0, 0.05) is 25.4 Å². The first kappa shape index (κ1) is 24.1. The third-order valence-corrected chi connectivity index (χ3v) is 7.25. The Morgan fingerprint density at radius 3 is 2.38 bits per heavy atom. The first-order chi connectivity index (χ1) is 16.5. The molecule has 1 aliphatic heterocycles. The van der Waals surface area contributed by atoms with Crippen molar-refractivity contribution in [2.24, 2.45) is 5.92 Å². The standard InChI is InChI=1S/C26H30N2O5S/c1-34-13-11-23(25(31)28-12-10-17(15-28)14-24(29)30)27-26(32)33-16-22-20-8-4-2-6-18(20)19-7-3-5-9-21(19)22/h2-9,17,22-23H,10-16H2,1H3,(H,27,32)(H,29,30). The van der Waals surface area contributed by atoms with E-state index in [9.17, 15) is 14.4 Å². The number of nitrogens with zero attached hydrogens (tertiary/aromatic N) is 1. The molecule has 0 radical (unpaired) electrons. The van der Waals surface area contributed by atoms with Gasteiger partial charge >= 0.3 is 12.1 Å². The summed E-state index contributed by atoms with van der Waals surface area (Å²) in [4.78, 5) is 38.5. The molecule has 1 aliphatic carbocycles. The van der Waals surface area contributed by atoms with E-state index < -0.39 is 18.1 Å². The summed E-state index contributed by atoms with van der Waals surface area (Å²) in [6, 6.07) is 15.6. The van der Waals surface area contributed by atoms with Gasteiger partial charge in [0.25, 0.3) is 0 Å². The van der Waals surface area contributed by atoms with Crippen LogP contribution in [0.5, 0.6) is 0 Å². The number of carbonyl (C=O) groups excluding carboxylic acids is 2. The topological polar surface area (TPSA) is 95.9 Å². The van der Waals surface area contributed by atoms with Crippen molar-refractivity contribution in [2.45, 2.75) is 31.2 Å². The number of alkyl carbamates (subject to hydrolysis) is 1. The highest BCUT2D eigenvalue weighted by molar-refractivity contribution is 7.98. The lowest BCUT2D eigenvalue weighted by molar-refractivity contribution is -0.138. The Morgan fingerprint density at radius 2 is 1.76 bits per heavy atom. The normalized spacial score (nSPS) is 17.7. The highest BCUT2D eigenvalue weighted by Crippen LogP contribution is 2.44. The second kappa shape index (κ2) is 11.0. The van der Waals surface area contributed by atoms with Gasteiger partial charge in [0.1, 0.15) is 12.6 Å². The predicted octanol–water partition coefficient (Wildman–Crippen LogP) is 3.97. The molecule has 7 nitrogen and oxygen atoms in total. The minimum absolute atomic E-state index is 0.0443. The van der Waals surface area contributed by atoms with Gasteiger partial charge in [-0.2, -0.15) is 11.8 Å². The Bertz CT molecular complexity index is 1010. The number of hydrogen-bond acceptors (Lipinski definition) is 5. The number of aliphatic carboxylic acids is 1. The summed E-state index contributed by atoms with van der Waals surface area (Å²) in [5, 5.41) is 11.8. The number of amides is 2. The summed E-state index contributed by atoms with van der Waals surface area (Å²) < 4.78 is 5.63. The zero-order valence-electron chi connectivity index (χ0n) is 19.2. The van der Waals surface area contributed by atoms with E-state index in [4.69, 9.17) is 9.84 Å². The van der Waals surface area contributed by atoms with Crippen molar-refractivity contribution >= 4 is 29.7 Å². The van der Waals surface area contributed by atoms with Crippen LogP contribution in [-0.4, -0.2) is 65.7 Å². The Balaban J connectivity index is 1.38. The monoisotopic (exact) mass is 482 g/mol. The van der Waals surface area contributed by atoms with Gasteiger partial charge < -0.3 is 20.1 Å². The molecule has 1 saturated heterocycles. The van der Waals surface area contributed by atoms with Gasteiger partial charge in [0.15, 0.2) is 0 Å². The molecule has 4 rings (SSSR count). The molecule has 1 heterocycles. The van der Waals surface area contributed by atoms with Crippen LogP contribution in [0.2, 0.25) is 0 Å². The number of carboxylic acids is 1. The van der Waals surface area contributed by atoms with Crippen LogP contribution in [0.25, 0.3) is 11.1 Å². The van der Waals surface area contributed by atoms with E-state index in [1.54, 1.807) is 16.7 Å². The number of fused-ring (bicyclic) bond motifs is 3. The van der Waals surface area contributed by atoms with Crippen molar-refractivity contribution in [3.05, 3.63) is 59.7 Å². The number of benzene rings is 2. The van der Waals surface area contributed by atoms with Crippen LogP contribution >= 0.6 is 11.8 Å². The van der Waals surface area contributed by atoms with Crippen LogP contribution in [0.3, 0.4) is 0 Å². The molecule has 8 heteroatoms. The average molecular weight is 483 g/mol. The number of hydrogen-bond donors (Lipinski definition) is 2. The summed E-state index contributed by atoms with van der Waals surface area (Å²) in [6.45, 7) is 1.11. The van der Waals surface area contributed by atoms with Crippen molar-refractivity contribution in [3.8, 4) is 11.1 Å². The van der Waals surface area contributed by atoms with Crippen molar-refractivity contribution < 1.29 is 24.2 Å². The van der Waals surface area contributed by atoms with Gasteiger partial charge in [-0.25, -0.2) is 4.79 Å². The van der Waals surface area contributed by atoms with Crippen LogP contribution in [-0.2, 0) is 14.3 Å². The summed E-state index contributed by atoms with van der Waals surface area (Å²) in [6.07, 6.45) is 2.55. The van der Waals surface area contributed by atoms with Crippen LogP contribution in [0.15, 0.2) is 48.5 Å². The highest BCUT2D eigenvalue weighted by Gasteiger charge is 2.33. The maximum Gasteiger partial charge on any atom is 0.407 e. The number of ether oxygens (including phenoxy) is 1.